The molecule has 0 saturated heterocycles. The lowest BCUT2D eigenvalue weighted by atomic mass is 10.1. The topological polar surface area (TPSA) is 44.8 Å². The van der Waals surface area contributed by atoms with Crippen molar-refractivity contribution in [2.75, 3.05) is 20.8 Å². The van der Waals surface area contributed by atoms with Crippen molar-refractivity contribution in [2.24, 2.45) is 0 Å². The lowest BCUT2D eigenvalue weighted by Crippen LogP contribution is -1.96. The van der Waals surface area contributed by atoms with Gasteiger partial charge in [0.15, 0.2) is 5.78 Å². The average molecular weight is 312 g/mol. The van der Waals surface area contributed by atoms with Crippen molar-refractivity contribution in [3.63, 3.8) is 0 Å². The van der Waals surface area contributed by atoms with E-state index in [1.165, 1.54) is 6.08 Å². The normalized spacial score (nSPS) is 10.6. The molecule has 0 saturated carbocycles. The Labute approximate surface area is 136 Å². The monoisotopic (exact) mass is 312 g/mol. The van der Waals surface area contributed by atoms with Crippen LogP contribution in [0.2, 0.25) is 0 Å². The first-order chi connectivity index (χ1) is 11.2. The molecule has 0 radical (unpaired) electrons. The molecule has 2 aromatic carbocycles. The fraction of sp³-hybridized carbons (Fsp3) is 0.211. The van der Waals surface area contributed by atoms with Crippen LogP contribution in [0.5, 0.6) is 17.2 Å². The first-order valence-electron chi connectivity index (χ1n) is 7.34. The van der Waals surface area contributed by atoms with Gasteiger partial charge in [0.25, 0.3) is 0 Å². The van der Waals surface area contributed by atoms with Gasteiger partial charge in [-0.05, 0) is 55.0 Å². The summed E-state index contributed by atoms with van der Waals surface area (Å²) in [5.74, 6) is 2.04. The third-order valence-corrected chi connectivity index (χ3v) is 3.25. The van der Waals surface area contributed by atoms with Crippen LogP contribution >= 0.6 is 0 Å². The van der Waals surface area contributed by atoms with Crippen LogP contribution in [0.3, 0.4) is 0 Å². The molecular weight excluding hydrogens is 292 g/mol. The van der Waals surface area contributed by atoms with Gasteiger partial charge in [-0.25, -0.2) is 0 Å². The van der Waals surface area contributed by atoms with E-state index in [1.807, 2.05) is 19.1 Å². The Bertz CT molecular complexity index is 665. The molecule has 0 aromatic heterocycles. The van der Waals surface area contributed by atoms with Gasteiger partial charge in [0, 0.05) is 11.6 Å². The first kappa shape index (κ1) is 16.6. The molecule has 0 heterocycles. The molecule has 0 atom stereocenters. The van der Waals surface area contributed by atoms with Crippen LogP contribution in [-0.4, -0.2) is 26.6 Å². The molecule has 0 spiro atoms. The molecule has 0 aliphatic rings. The van der Waals surface area contributed by atoms with E-state index in [9.17, 15) is 4.79 Å². The Morgan fingerprint density at radius 2 is 1.57 bits per heavy atom. The van der Waals surface area contributed by atoms with Gasteiger partial charge in [-0.3, -0.25) is 4.79 Å². The maximum absolute atomic E-state index is 12.2. The van der Waals surface area contributed by atoms with Gasteiger partial charge in [-0.2, -0.15) is 0 Å². The highest BCUT2D eigenvalue weighted by Crippen LogP contribution is 2.23. The molecule has 0 N–H and O–H groups in total. The molecular formula is C19H20O4. The van der Waals surface area contributed by atoms with E-state index in [2.05, 4.69) is 0 Å². The number of hydrogen-bond acceptors (Lipinski definition) is 4. The smallest absolute Gasteiger partial charge is 0.185 e. The Kier molecular flexibility index (Phi) is 5.80. The Balaban J connectivity index is 2.14. The molecule has 0 aliphatic heterocycles. The summed E-state index contributed by atoms with van der Waals surface area (Å²) >= 11 is 0. The number of methoxy groups -OCH3 is 2. The Morgan fingerprint density at radius 1 is 0.957 bits per heavy atom. The molecule has 0 aliphatic carbocycles. The summed E-state index contributed by atoms with van der Waals surface area (Å²) in [6, 6.07) is 12.5. The number of ketones is 1. The second-order valence-corrected chi connectivity index (χ2v) is 4.80. The minimum Gasteiger partial charge on any atom is -0.497 e. The maximum Gasteiger partial charge on any atom is 0.185 e. The summed E-state index contributed by atoms with van der Waals surface area (Å²) in [5, 5.41) is 0. The second kappa shape index (κ2) is 8.03. The number of benzene rings is 2. The highest BCUT2D eigenvalue weighted by atomic mass is 16.5. The number of hydrogen-bond donors (Lipinski definition) is 0. The van der Waals surface area contributed by atoms with E-state index in [1.54, 1.807) is 50.6 Å². The molecule has 120 valence electrons. The number of allylic oxidation sites excluding steroid dienone is 1. The van der Waals surface area contributed by atoms with E-state index < -0.39 is 0 Å². The molecule has 0 fully saturated rings. The van der Waals surface area contributed by atoms with Gasteiger partial charge in [0.1, 0.15) is 17.2 Å². The van der Waals surface area contributed by atoms with Crippen LogP contribution in [0.4, 0.5) is 0 Å². The van der Waals surface area contributed by atoms with Gasteiger partial charge in [-0.15, -0.1) is 0 Å². The third kappa shape index (κ3) is 4.61. The molecule has 2 rings (SSSR count). The minimum atomic E-state index is -0.0742. The number of rotatable bonds is 7. The SMILES string of the molecule is CCOc1ccc(C(=O)/C=C/c2cc(OC)cc(OC)c2)cc1. The number of ether oxygens (including phenoxy) is 3. The van der Waals surface area contributed by atoms with Crippen molar-refractivity contribution in [1.29, 1.82) is 0 Å². The lowest BCUT2D eigenvalue weighted by Gasteiger charge is -2.06. The first-order valence-corrected chi connectivity index (χ1v) is 7.34. The van der Waals surface area contributed by atoms with Crippen LogP contribution < -0.4 is 14.2 Å². The van der Waals surface area contributed by atoms with E-state index in [0.29, 0.717) is 23.7 Å². The van der Waals surface area contributed by atoms with Crippen molar-refractivity contribution in [3.8, 4) is 17.2 Å². The number of carbonyl (C=O) groups is 1. The van der Waals surface area contributed by atoms with Gasteiger partial charge in [0.2, 0.25) is 0 Å². The quantitative estimate of drug-likeness (QED) is 0.572. The van der Waals surface area contributed by atoms with Crippen molar-refractivity contribution in [2.45, 2.75) is 6.92 Å². The molecule has 0 unspecified atom stereocenters. The largest absolute Gasteiger partial charge is 0.497 e. The van der Waals surface area contributed by atoms with Crippen molar-refractivity contribution < 1.29 is 19.0 Å². The zero-order chi connectivity index (χ0) is 16.7. The minimum absolute atomic E-state index is 0.0742. The molecule has 2 aromatic rings. The van der Waals surface area contributed by atoms with Crippen molar-refractivity contribution >= 4 is 11.9 Å². The predicted octanol–water partition coefficient (Wildman–Crippen LogP) is 4.00. The van der Waals surface area contributed by atoms with Crippen LogP contribution in [0, 0.1) is 0 Å². The van der Waals surface area contributed by atoms with Gasteiger partial charge < -0.3 is 14.2 Å². The van der Waals surface area contributed by atoms with Crippen LogP contribution in [0.15, 0.2) is 48.5 Å². The fourth-order valence-electron chi connectivity index (χ4n) is 2.08. The zero-order valence-electron chi connectivity index (χ0n) is 13.5. The van der Waals surface area contributed by atoms with Gasteiger partial charge in [0.05, 0.1) is 20.8 Å². The summed E-state index contributed by atoms with van der Waals surface area (Å²) < 4.78 is 15.8. The molecule has 0 amide bonds. The predicted molar refractivity (Wildman–Crippen MR) is 90.5 cm³/mol. The third-order valence-electron chi connectivity index (χ3n) is 3.25. The summed E-state index contributed by atoms with van der Waals surface area (Å²) in [7, 11) is 3.18. The lowest BCUT2D eigenvalue weighted by molar-refractivity contribution is 0.104. The molecule has 4 nitrogen and oxygen atoms in total. The van der Waals surface area contributed by atoms with Crippen LogP contribution in [-0.2, 0) is 0 Å². The van der Waals surface area contributed by atoms with Gasteiger partial charge >= 0.3 is 0 Å². The van der Waals surface area contributed by atoms with E-state index in [0.717, 1.165) is 11.3 Å². The van der Waals surface area contributed by atoms with Crippen LogP contribution in [0.1, 0.15) is 22.8 Å². The Morgan fingerprint density at radius 3 is 2.09 bits per heavy atom. The summed E-state index contributed by atoms with van der Waals surface area (Å²) in [4.78, 5) is 12.2. The fourth-order valence-corrected chi connectivity index (χ4v) is 2.08. The summed E-state index contributed by atoms with van der Waals surface area (Å²) in [5.41, 5.74) is 1.44. The zero-order valence-corrected chi connectivity index (χ0v) is 13.5. The second-order valence-electron chi connectivity index (χ2n) is 4.80. The number of carbonyl (C=O) groups excluding carboxylic acids is 1. The molecule has 23 heavy (non-hydrogen) atoms. The Hall–Kier alpha value is -2.75. The maximum atomic E-state index is 12.2. The molecule has 0 bridgehead atoms. The highest BCUT2D eigenvalue weighted by molar-refractivity contribution is 6.06. The van der Waals surface area contributed by atoms with Crippen molar-refractivity contribution in [3.05, 3.63) is 59.7 Å². The average Bonchev–Trinajstić information content (AvgIpc) is 2.60. The summed E-state index contributed by atoms with van der Waals surface area (Å²) in [6.45, 7) is 2.52. The van der Waals surface area contributed by atoms with E-state index in [4.69, 9.17) is 14.2 Å². The van der Waals surface area contributed by atoms with E-state index in [-0.39, 0.29) is 5.78 Å². The summed E-state index contributed by atoms with van der Waals surface area (Å²) in [6.07, 6.45) is 3.27. The van der Waals surface area contributed by atoms with Gasteiger partial charge in [-0.1, -0.05) is 6.08 Å². The van der Waals surface area contributed by atoms with E-state index >= 15 is 0 Å². The molecule has 4 heteroatoms. The van der Waals surface area contributed by atoms with Crippen LogP contribution in [0.25, 0.3) is 6.08 Å². The highest BCUT2D eigenvalue weighted by Gasteiger charge is 2.03. The standard InChI is InChI=1S/C19H20O4/c1-4-23-16-8-6-15(7-9-16)19(20)10-5-14-11-17(21-2)13-18(12-14)22-3/h5-13H,4H2,1-3H3/b10-5+. The van der Waals surface area contributed by atoms with Crippen molar-refractivity contribution in [1.82, 2.24) is 0 Å².